The molecule has 0 bridgehead atoms. The van der Waals surface area contributed by atoms with Crippen molar-refractivity contribution >= 4 is 11.6 Å². The molecule has 1 aliphatic rings. The summed E-state index contributed by atoms with van der Waals surface area (Å²) in [7, 11) is 0. The number of nitrogens with two attached hydrogens (primary N) is 1. The molecule has 0 saturated heterocycles. The maximum absolute atomic E-state index is 5.94. The van der Waals surface area contributed by atoms with E-state index in [2.05, 4.69) is 12.3 Å². The minimum absolute atomic E-state index is 0.210. The molecule has 3 unspecified atom stereocenters. The molecule has 0 aromatic heterocycles. The second-order valence-corrected chi connectivity index (χ2v) is 6.01. The van der Waals surface area contributed by atoms with E-state index >= 15 is 0 Å². The van der Waals surface area contributed by atoms with Crippen LogP contribution in [0.25, 0.3) is 0 Å². The topological polar surface area (TPSA) is 47.3 Å². The number of nitrogens with one attached hydrogen (secondary N) is 1. The van der Waals surface area contributed by atoms with Crippen LogP contribution < -0.4 is 16.0 Å². The van der Waals surface area contributed by atoms with E-state index in [1.54, 1.807) is 0 Å². The average Bonchev–Trinajstić information content (AvgIpc) is 2.40. The van der Waals surface area contributed by atoms with E-state index in [0.29, 0.717) is 17.5 Å². The Balaban J connectivity index is 1.88. The first-order chi connectivity index (χ1) is 9.19. The highest BCUT2D eigenvalue weighted by molar-refractivity contribution is 6.30. The lowest BCUT2D eigenvalue weighted by molar-refractivity contribution is 0.165. The molecule has 0 heterocycles. The van der Waals surface area contributed by atoms with E-state index in [1.165, 1.54) is 25.7 Å². The van der Waals surface area contributed by atoms with Crippen LogP contribution in [0.15, 0.2) is 24.3 Å². The summed E-state index contributed by atoms with van der Waals surface area (Å²) in [5.74, 6) is 7.89. The van der Waals surface area contributed by atoms with Crippen LogP contribution in [0.5, 0.6) is 5.75 Å². The zero-order chi connectivity index (χ0) is 13.7. The van der Waals surface area contributed by atoms with Crippen LogP contribution in [-0.2, 0) is 0 Å². The van der Waals surface area contributed by atoms with Gasteiger partial charge in [-0.1, -0.05) is 37.4 Å². The van der Waals surface area contributed by atoms with E-state index in [4.69, 9.17) is 22.2 Å². The predicted octanol–water partition coefficient (Wildman–Crippen LogP) is 3.38. The minimum Gasteiger partial charge on any atom is -0.492 e. The first kappa shape index (κ1) is 14.6. The summed E-state index contributed by atoms with van der Waals surface area (Å²) in [5, 5.41) is 0.695. The molecule has 3 N–H and O–H groups in total. The first-order valence-corrected chi connectivity index (χ1v) is 7.41. The summed E-state index contributed by atoms with van der Waals surface area (Å²) in [6, 6.07) is 7.70. The van der Waals surface area contributed by atoms with Gasteiger partial charge >= 0.3 is 0 Å². The fraction of sp³-hybridized carbons (Fsp3) is 0.600. The van der Waals surface area contributed by atoms with Crippen molar-refractivity contribution in [2.75, 3.05) is 6.61 Å². The lowest BCUT2D eigenvalue weighted by Crippen LogP contribution is -2.46. The van der Waals surface area contributed by atoms with Gasteiger partial charge in [0.2, 0.25) is 0 Å². The zero-order valence-corrected chi connectivity index (χ0v) is 12.2. The summed E-state index contributed by atoms with van der Waals surface area (Å²) in [6.07, 6.45) is 5.09. The van der Waals surface area contributed by atoms with Crippen molar-refractivity contribution in [1.82, 2.24) is 5.43 Å². The number of hydrogen-bond acceptors (Lipinski definition) is 3. The van der Waals surface area contributed by atoms with Gasteiger partial charge in [-0.25, -0.2) is 0 Å². The second-order valence-electron chi connectivity index (χ2n) is 5.57. The van der Waals surface area contributed by atoms with E-state index < -0.39 is 0 Å². The van der Waals surface area contributed by atoms with E-state index in [9.17, 15) is 0 Å². The van der Waals surface area contributed by atoms with Crippen molar-refractivity contribution in [1.29, 1.82) is 0 Å². The summed E-state index contributed by atoms with van der Waals surface area (Å²) < 4.78 is 5.80. The van der Waals surface area contributed by atoms with Crippen LogP contribution in [0.2, 0.25) is 5.02 Å². The van der Waals surface area contributed by atoms with Crippen molar-refractivity contribution in [3.63, 3.8) is 0 Å². The normalized spacial score (nSPS) is 25.0. The molecule has 3 nitrogen and oxygen atoms in total. The molecule has 1 aliphatic carbocycles. The van der Waals surface area contributed by atoms with E-state index in [-0.39, 0.29) is 6.04 Å². The highest BCUT2D eigenvalue weighted by atomic mass is 35.5. The Bertz CT molecular complexity index is 399. The zero-order valence-electron chi connectivity index (χ0n) is 11.4. The Morgan fingerprint density at radius 1 is 1.47 bits per heavy atom. The van der Waals surface area contributed by atoms with Gasteiger partial charge in [0.05, 0.1) is 6.04 Å². The molecule has 1 aromatic rings. The molecule has 0 radical (unpaired) electrons. The highest BCUT2D eigenvalue weighted by Gasteiger charge is 2.26. The van der Waals surface area contributed by atoms with Crippen LogP contribution in [0.4, 0.5) is 0 Å². The Morgan fingerprint density at radius 3 is 3.00 bits per heavy atom. The molecule has 1 fully saturated rings. The fourth-order valence-corrected chi connectivity index (χ4v) is 3.09. The number of hydrogen-bond donors (Lipinski definition) is 2. The molecule has 0 amide bonds. The lowest BCUT2D eigenvalue weighted by atomic mass is 9.79. The molecular weight excluding hydrogens is 260 g/mol. The van der Waals surface area contributed by atoms with Crippen molar-refractivity contribution in [3.8, 4) is 5.75 Å². The lowest BCUT2D eigenvalue weighted by Gasteiger charge is -2.32. The van der Waals surface area contributed by atoms with Crippen molar-refractivity contribution in [2.24, 2.45) is 17.7 Å². The van der Waals surface area contributed by atoms with Gasteiger partial charge in [-0.15, -0.1) is 0 Å². The SMILES string of the molecule is CC1CCCC(C(COc2cccc(Cl)c2)NN)C1. The van der Waals surface area contributed by atoms with E-state index in [1.807, 2.05) is 24.3 Å². The number of rotatable bonds is 5. The van der Waals surface area contributed by atoms with Crippen LogP contribution in [0.3, 0.4) is 0 Å². The van der Waals surface area contributed by atoms with Gasteiger partial charge in [-0.2, -0.15) is 0 Å². The molecule has 4 heteroatoms. The molecule has 0 spiro atoms. The minimum atomic E-state index is 0.210. The van der Waals surface area contributed by atoms with Gasteiger partial charge in [0.15, 0.2) is 0 Å². The molecule has 106 valence electrons. The largest absolute Gasteiger partial charge is 0.492 e. The maximum atomic E-state index is 5.94. The molecule has 0 aliphatic heterocycles. The predicted molar refractivity (Wildman–Crippen MR) is 79.2 cm³/mol. The van der Waals surface area contributed by atoms with Crippen LogP contribution >= 0.6 is 11.6 Å². The van der Waals surface area contributed by atoms with Crippen LogP contribution in [0.1, 0.15) is 32.6 Å². The number of hydrazine groups is 1. The van der Waals surface area contributed by atoms with Crippen LogP contribution in [0, 0.1) is 11.8 Å². The molecule has 2 rings (SSSR count). The second kappa shape index (κ2) is 7.13. The van der Waals surface area contributed by atoms with Gasteiger partial charge in [0.25, 0.3) is 0 Å². The molecule has 1 aromatic carbocycles. The standard InChI is InChI=1S/C15H23ClN2O/c1-11-4-2-5-12(8-11)15(18-17)10-19-14-7-3-6-13(16)9-14/h3,6-7,9,11-12,15,18H,2,4-5,8,10,17H2,1H3. The Morgan fingerprint density at radius 2 is 2.32 bits per heavy atom. The van der Waals surface area contributed by atoms with Gasteiger partial charge in [-0.3, -0.25) is 11.3 Å². The van der Waals surface area contributed by atoms with E-state index in [0.717, 1.165) is 11.7 Å². The number of ether oxygens (including phenoxy) is 1. The molecular formula is C15H23ClN2O. The smallest absolute Gasteiger partial charge is 0.120 e. The molecule has 3 atom stereocenters. The first-order valence-electron chi connectivity index (χ1n) is 7.03. The summed E-state index contributed by atoms with van der Waals surface area (Å²) in [6.45, 7) is 2.91. The summed E-state index contributed by atoms with van der Waals surface area (Å²) in [4.78, 5) is 0. The van der Waals surface area contributed by atoms with Gasteiger partial charge in [0.1, 0.15) is 12.4 Å². The highest BCUT2D eigenvalue weighted by Crippen LogP contribution is 2.31. The number of halogens is 1. The average molecular weight is 283 g/mol. The third-order valence-corrected chi connectivity index (χ3v) is 4.22. The Kier molecular flexibility index (Phi) is 5.49. The molecule has 1 saturated carbocycles. The fourth-order valence-electron chi connectivity index (χ4n) is 2.91. The Hall–Kier alpha value is -0.770. The summed E-state index contributed by atoms with van der Waals surface area (Å²) >= 11 is 5.94. The Labute approximate surface area is 120 Å². The van der Waals surface area contributed by atoms with Crippen molar-refractivity contribution < 1.29 is 4.74 Å². The quantitative estimate of drug-likeness (QED) is 0.643. The van der Waals surface area contributed by atoms with Crippen molar-refractivity contribution in [3.05, 3.63) is 29.3 Å². The van der Waals surface area contributed by atoms with Gasteiger partial charge in [-0.05, 0) is 42.9 Å². The van der Waals surface area contributed by atoms with Crippen molar-refractivity contribution in [2.45, 2.75) is 38.6 Å². The summed E-state index contributed by atoms with van der Waals surface area (Å²) in [5.41, 5.74) is 2.92. The third kappa shape index (κ3) is 4.37. The number of benzene rings is 1. The van der Waals surface area contributed by atoms with Gasteiger partial charge < -0.3 is 4.74 Å². The molecule has 19 heavy (non-hydrogen) atoms. The third-order valence-electron chi connectivity index (χ3n) is 3.99. The van der Waals surface area contributed by atoms with Crippen LogP contribution in [-0.4, -0.2) is 12.6 Å². The van der Waals surface area contributed by atoms with Gasteiger partial charge in [0, 0.05) is 5.02 Å². The maximum Gasteiger partial charge on any atom is 0.120 e. The monoisotopic (exact) mass is 282 g/mol.